The van der Waals surface area contributed by atoms with E-state index < -0.39 is 37.0 Å². The molecule has 0 unspecified atom stereocenters. The van der Waals surface area contributed by atoms with Crippen LogP contribution in [0.4, 0.5) is 0 Å². The Morgan fingerprint density at radius 2 is 1.94 bits per heavy atom. The topological polar surface area (TPSA) is 130 Å². The van der Waals surface area contributed by atoms with Gasteiger partial charge in [0, 0.05) is 6.92 Å². The van der Waals surface area contributed by atoms with E-state index >= 15 is 0 Å². The van der Waals surface area contributed by atoms with E-state index in [1.807, 2.05) is 0 Å². The van der Waals surface area contributed by atoms with E-state index in [0.29, 0.717) is 0 Å². The minimum absolute atomic E-state index is 0.0619. The van der Waals surface area contributed by atoms with Gasteiger partial charge in [-0.3, -0.25) is 14.4 Å². The number of carbonyl (C=O) groups excluding carboxylic acids is 3. The summed E-state index contributed by atoms with van der Waals surface area (Å²) in [6, 6.07) is 0. The quantitative estimate of drug-likeness (QED) is 0.315. The normalized spacial score (nSPS) is 17.4. The van der Waals surface area contributed by atoms with Crippen LogP contribution >= 0.6 is 0 Å². The number of hydrogen-bond donors (Lipinski definition) is 3. The van der Waals surface area contributed by atoms with Gasteiger partial charge >= 0.3 is 5.97 Å². The lowest BCUT2D eigenvalue weighted by Gasteiger charge is -2.28. The van der Waals surface area contributed by atoms with Gasteiger partial charge in [0.2, 0.25) is 0 Å². The number of hydrogen-bond acceptors (Lipinski definition) is 8. The molecule has 8 heteroatoms. The van der Waals surface area contributed by atoms with Crippen LogP contribution in [0, 0.1) is 0 Å². The second-order valence-corrected chi connectivity index (χ2v) is 3.15. The lowest BCUT2D eigenvalue weighted by Crippen LogP contribution is -2.49. The van der Waals surface area contributed by atoms with E-state index in [2.05, 4.69) is 9.47 Å². The van der Waals surface area contributed by atoms with E-state index in [1.54, 1.807) is 0 Å². The minimum atomic E-state index is -1.76. The lowest BCUT2D eigenvalue weighted by atomic mass is 10.0. The van der Waals surface area contributed by atoms with Crippen molar-refractivity contribution >= 4 is 18.7 Å². The van der Waals surface area contributed by atoms with Crippen LogP contribution in [0.15, 0.2) is 0 Å². The van der Waals surface area contributed by atoms with E-state index in [1.165, 1.54) is 0 Å². The van der Waals surface area contributed by atoms with Crippen LogP contribution in [0.5, 0.6) is 0 Å². The summed E-state index contributed by atoms with van der Waals surface area (Å²) >= 11 is 0. The fourth-order valence-electron chi connectivity index (χ4n) is 1.10. The lowest BCUT2D eigenvalue weighted by molar-refractivity contribution is -0.178. The van der Waals surface area contributed by atoms with Crippen molar-refractivity contribution in [2.24, 2.45) is 0 Å². The van der Waals surface area contributed by atoms with Crippen LogP contribution in [0.25, 0.3) is 0 Å². The number of aliphatic hydroxyl groups is 3. The van der Waals surface area contributed by atoms with E-state index in [4.69, 9.17) is 5.11 Å². The summed E-state index contributed by atoms with van der Waals surface area (Å²) in [6.45, 7) is 0.132. The predicted octanol–water partition coefficient (Wildman–Crippen LogP) is -2.63. The molecule has 0 spiro atoms. The highest BCUT2D eigenvalue weighted by Gasteiger charge is 2.36. The number of carbonyl (C=O) groups is 3. The molecule has 0 bridgehead atoms. The molecule has 0 aliphatic heterocycles. The summed E-state index contributed by atoms with van der Waals surface area (Å²) in [6.07, 6.45) is -6.42. The fraction of sp³-hybridized carbons (Fsp3) is 0.667. The average Bonchev–Trinajstić information content (AvgIpc) is 2.31. The molecule has 0 aliphatic rings. The molecule has 0 aliphatic carbocycles. The van der Waals surface area contributed by atoms with Crippen LogP contribution in [-0.4, -0.2) is 65.1 Å². The number of rotatable bonds is 8. The number of aliphatic hydroxyl groups excluding tert-OH is 3. The summed E-state index contributed by atoms with van der Waals surface area (Å²) in [7, 11) is 0. The molecule has 0 heterocycles. The maximum Gasteiger partial charge on any atom is 0.303 e. The average molecular weight is 250 g/mol. The zero-order valence-electron chi connectivity index (χ0n) is 9.05. The van der Waals surface area contributed by atoms with Crippen LogP contribution in [0.3, 0.4) is 0 Å². The third-order valence-electron chi connectivity index (χ3n) is 1.89. The maximum atomic E-state index is 10.8. The first kappa shape index (κ1) is 15.5. The van der Waals surface area contributed by atoms with Gasteiger partial charge in [0.1, 0.15) is 12.2 Å². The molecule has 98 valence electrons. The largest absolute Gasteiger partial charge is 0.455 e. The Kier molecular flexibility index (Phi) is 7.03. The summed E-state index contributed by atoms with van der Waals surface area (Å²) < 4.78 is 8.86. The van der Waals surface area contributed by atoms with Crippen molar-refractivity contribution < 1.29 is 39.2 Å². The molecule has 0 rings (SSSR count). The highest BCUT2D eigenvalue weighted by molar-refractivity contribution is 5.68. The van der Waals surface area contributed by atoms with Crippen molar-refractivity contribution in [3.8, 4) is 0 Å². The molecule has 4 atom stereocenters. The highest BCUT2D eigenvalue weighted by atomic mass is 16.6. The van der Waals surface area contributed by atoms with Gasteiger partial charge in [-0.1, -0.05) is 0 Å². The highest BCUT2D eigenvalue weighted by Crippen LogP contribution is 2.11. The molecule has 17 heavy (non-hydrogen) atoms. The Hall–Kier alpha value is -1.51. The molecule has 0 aromatic rings. The SMILES string of the molecule is CC(=O)O[C@@H]([C@H](O)[C@H](O)CO)[C@H](C=O)OC=O. The van der Waals surface area contributed by atoms with Gasteiger partial charge in [-0.05, 0) is 0 Å². The number of ether oxygens (including phenoxy) is 2. The molecular formula is C9H14O8. The molecule has 0 saturated heterocycles. The van der Waals surface area contributed by atoms with Gasteiger partial charge in [-0.25, -0.2) is 0 Å². The molecule has 0 saturated carbocycles. The smallest absolute Gasteiger partial charge is 0.303 e. The van der Waals surface area contributed by atoms with E-state index in [9.17, 15) is 24.6 Å². The first-order valence-corrected chi connectivity index (χ1v) is 4.66. The van der Waals surface area contributed by atoms with Crippen molar-refractivity contribution in [2.75, 3.05) is 6.61 Å². The van der Waals surface area contributed by atoms with Gasteiger partial charge in [0.15, 0.2) is 18.5 Å². The summed E-state index contributed by atoms with van der Waals surface area (Å²) in [4.78, 5) is 31.5. The van der Waals surface area contributed by atoms with Gasteiger partial charge in [-0.2, -0.15) is 0 Å². The Bertz CT molecular complexity index is 266. The Balaban J connectivity index is 4.88. The molecule has 0 aromatic carbocycles. The summed E-state index contributed by atoms with van der Waals surface area (Å²) in [5, 5.41) is 27.3. The van der Waals surface area contributed by atoms with Gasteiger partial charge in [0.05, 0.1) is 6.61 Å². The van der Waals surface area contributed by atoms with Crippen LogP contribution in [-0.2, 0) is 23.9 Å². The van der Waals surface area contributed by atoms with Crippen LogP contribution in [0.2, 0.25) is 0 Å². The Morgan fingerprint density at radius 1 is 1.35 bits per heavy atom. The van der Waals surface area contributed by atoms with Crippen molar-refractivity contribution in [2.45, 2.75) is 31.3 Å². The van der Waals surface area contributed by atoms with Crippen LogP contribution in [0.1, 0.15) is 6.92 Å². The maximum absolute atomic E-state index is 10.8. The van der Waals surface area contributed by atoms with Gasteiger partial charge < -0.3 is 24.8 Å². The molecule has 0 amide bonds. The second-order valence-electron chi connectivity index (χ2n) is 3.15. The fourth-order valence-corrected chi connectivity index (χ4v) is 1.10. The standard InChI is InChI=1S/C9H14O8/c1-5(13)17-9(7(3-11)16-4-12)8(15)6(14)2-10/h3-4,6-10,14-15H,2H2,1H3/t6-,7+,8-,9-/m1/s1. The van der Waals surface area contributed by atoms with Crippen molar-refractivity contribution in [3.05, 3.63) is 0 Å². The first-order chi connectivity index (χ1) is 7.97. The molecule has 3 N–H and O–H groups in total. The summed E-state index contributed by atoms with van der Waals surface area (Å²) in [5.74, 6) is -0.847. The molecule has 0 fully saturated rings. The number of esters is 1. The molecule has 0 aromatic heterocycles. The molecule has 0 radical (unpaired) electrons. The second kappa shape index (κ2) is 7.71. The number of aldehydes is 1. The Morgan fingerprint density at radius 3 is 2.29 bits per heavy atom. The zero-order valence-corrected chi connectivity index (χ0v) is 9.05. The van der Waals surface area contributed by atoms with E-state index in [0.717, 1.165) is 6.92 Å². The van der Waals surface area contributed by atoms with Crippen LogP contribution < -0.4 is 0 Å². The summed E-state index contributed by atoms with van der Waals surface area (Å²) in [5.41, 5.74) is 0. The van der Waals surface area contributed by atoms with Crippen molar-refractivity contribution in [1.82, 2.24) is 0 Å². The molecule has 8 nitrogen and oxygen atoms in total. The third kappa shape index (κ3) is 4.89. The van der Waals surface area contributed by atoms with Crippen molar-refractivity contribution in [3.63, 3.8) is 0 Å². The monoisotopic (exact) mass is 250 g/mol. The first-order valence-electron chi connectivity index (χ1n) is 4.66. The van der Waals surface area contributed by atoms with Gasteiger partial charge in [0.25, 0.3) is 6.47 Å². The zero-order chi connectivity index (χ0) is 13.4. The van der Waals surface area contributed by atoms with Crippen molar-refractivity contribution in [1.29, 1.82) is 0 Å². The van der Waals surface area contributed by atoms with Gasteiger partial charge in [-0.15, -0.1) is 0 Å². The molecular weight excluding hydrogens is 236 g/mol. The Labute approximate surface area is 96.8 Å². The predicted molar refractivity (Wildman–Crippen MR) is 51.7 cm³/mol. The minimum Gasteiger partial charge on any atom is -0.455 e. The third-order valence-corrected chi connectivity index (χ3v) is 1.89. The van der Waals surface area contributed by atoms with E-state index in [-0.39, 0.29) is 12.8 Å².